The molecule has 6 heteroatoms. The van der Waals surface area contributed by atoms with Crippen LogP contribution in [0.3, 0.4) is 0 Å². The number of para-hydroxylation sites is 1. The highest BCUT2D eigenvalue weighted by Crippen LogP contribution is 2.53. The second-order valence-electron chi connectivity index (χ2n) is 8.51. The number of carbonyl (C=O) groups excluding carboxylic acids is 1. The number of hydrogen-bond donors (Lipinski definition) is 1. The average Bonchev–Trinajstić information content (AvgIpc) is 2.99. The van der Waals surface area contributed by atoms with E-state index in [1.807, 2.05) is 12.1 Å². The summed E-state index contributed by atoms with van der Waals surface area (Å²) in [4.78, 5) is 18.0. The van der Waals surface area contributed by atoms with Crippen molar-refractivity contribution in [2.24, 2.45) is 28.7 Å². The molecular weight excluding hydrogens is 358 g/mol. The van der Waals surface area contributed by atoms with Crippen LogP contribution < -0.4 is 10.1 Å². The lowest BCUT2D eigenvalue weighted by Gasteiger charge is -2.54. The number of thiazole rings is 1. The molecule has 4 aliphatic rings. The Bertz CT molecular complexity index is 888. The van der Waals surface area contributed by atoms with Crippen molar-refractivity contribution in [2.75, 3.05) is 13.7 Å². The van der Waals surface area contributed by atoms with Gasteiger partial charge in [-0.25, -0.2) is 4.79 Å². The largest absolute Gasteiger partial charge is 0.383 e. The standard InChI is InChI=1S/C21H27N3O2S/c1-26-7-6-24-17-4-2-3-5-18(17)27-21(24)23-20(25)22-19-15-9-13-8-14(11-15)12-16(19)10-13/h2-5,13-16,19H,6-12H2,1H3,(H,22,25). The summed E-state index contributed by atoms with van der Waals surface area (Å²) < 4.78 is 8.50. The molecule has 0 radical (unpaired) electrons. The maximum atomic E-state index is 12.8. The summed E-state index contributed by atoms with van der Waals surface area (Å²) in [5, 5.41) is 3.29. The highest BCUT2D eigenvalue weighted by atomic mass is 32.1. The second kappa shape index (κ2) is 7.06. The lowest BCUT2D eigenvalue weighted by atomic mass is 9.54. The van der Waals surface area contributed by atoms with Gasteiger partial charge in [-0.2, -0.15) is 4.99 Å². The molecular formula is C21H27N3O2S. The third kappa shape index (κ3) is 3.23. The molecule has 1 aromatic carbocycles. The fourth-order valence-corrected chi connectivity index (χ4v) is 6.98. The molecule has 0 saturated heterocycles. The molecule has 1 heterocycles. The molecule has 4 bridgehead atoms. The van der Waals surface area contributed by atoms with Crippen molar-refractivity contribution in [1.82, 2.24) is 9.88 Å². The zero-order valence-corrected chi connectivity index (χ0v) is 16.6. The van der Waals surface area contributed by atoms with Gasteiger partial charge in [0.1, 0.15) is 0 Å². The average molecular weight is 386 g/mol. The predicted octanol–water partition coefficient (Wildman–Crippen LogP) is 3.78. The lowest BCUT2D eigenvalue weighted by Crippen LogP contribution is -2.55. The van der Waals surface area contributed by atoms with E-state index in [-0.39, 0.29) is 6.03 Å². The normalized spacial score (nSPS) is 32.3. The van der Waals surface area contributed by atoms with Crippen LogP contribution in [0.2, 0.25) is 0 Å². The number of methoxy groups -OCH3 is 1. The van der Waals surface area contributed by atoms with Gasteiger partial charge in [0, 0.05) is 19.7 Å². The number of nitrogens with one attached hydrogen (secondary N) is 1. The Kier molecular flexibility index (Phi) is 4.56. The number of fused-ring (bicyclic) bond motifs is 1. The van der Waals surface area contributed by atoms with Crippen LogP contribution in [-0.2, 0) is 11.3 Å². The van der Waals surface area contributed by atoms with E-state index in [2.05, 4.69) is 27.0 Å². The zero-order valence-electron chi connectivity index (χ0n) is 15.8. The maximum Gasteiger partial charge on any atom is 0.343 e. The van der Waals surface area contributed by atoms with Crippen molar-refractivity contribution >= 4 is 27.6 Å². The predicted molar refractivity (Wildman–Crippen MR) is 107 cm³/mol. The van der Waals surface area contributed by atoms with Gasteiger partial charge in [0.15, 0.2) is 4.80 Å². The molecule has 2 amide bonds. The number of benzene rings is 1. The van der Waals surface area contributed by atoms with Gasteiger partial charge in [-0.1, -0.05) is 23.5 Å². The number of aromatic nitrogens is 1. The third-order valence-electron chi connectivity index (χ3n) is 6.82. The van der Waals surface area contributed by atoms with E-state index in [1.165, 1.54) is 32.1 Å². The summed E-state index contributed by atoms with van der Waals surface area (Å²) in [6.07, 6.45) is 6.63. The van der Waals surface area contributed by atoms with Crippen molar-refractivity contribution in [1.29, 1.82) is 0 Å². The number of nitrogens with zero attached hydrogens (tertiary/aromatic N) is 2. The van der Waals surface area contributed by atoms with Crippen molar-refractivity contribution < 1.29 is 9.53 Å². The molecule has 144 valence electrons. The molecule has 4 saturated carbocycles. The highest BCUT2D eigenvalue weighted by molar-refractivity contribution is 7.16. The Morgan fingerprint density at radius 1 is 1.19 bits per heavy atom. The first-order valence-corrected chi connectivity index (χ1v) is 11.0. The number of amides is 2. The Balaban J connectivity index is 1.40. The van der Waals surface area contributed by atoms with Gasteiger partial charge in [0.05, 0.1) is 16.8 Å². The second-order valence-corrected chi connectivity index (χ2v) is 9.52. The van der Waals surface area contributed by atoms with Gasteiger partial charge < -0.3 is 14.6 Å². The summed E-state index contributed by atoms with van der Waals surface area (Å²) in [6.45, 7) is 1.30. The Labute approximate surface area is 163 Å². The van der Waals surface area contributed by atoms with Gasteiger partial charge in [-0.05, 0) is 67.9 Å². The van der Waals surface area contributed by atoms with Crippen LogP contribution in [0, 0.1) is 23.7 Å². The number of hydrogen-bond acceptors (Lipinski definition) is 3. The van der Waals surface area contributed by atoms with Crippen LogP contribution in [0.15, 0.2) is 29.3 Å². The number of urea groups is 1. The first-order valence-electron chi connectivity index (χ1n) is 10.1. The van der Waals surface area contributed by atoms with Crippen LogP contribution in [0.5, 0.6) is 0 Å². The first kappa shape index (κ1) is 17.4. The topological polar surface area (TPSA) is 55.6 Å². The van der Waals surface area contributed by atoms with Crippen molar-refractivity contribution in [3.8, 4) is 0 Å². The quantitative estimate of drug-likeness (QED) is 0.871. The van der Waals surface area contributed by atoms with E-state index in [4.69, 9.17) is 4.74 Å². The lowest BCUT2D eigenvalue weighted by molar-refractivity contribution is -0.00904. The maximum absolute atomic E-state index is 12.8. The Morgan fingerprint density at radius 3 is 2.59 bits per heavy atom. The fourth-order valence-electron chi connectivity index (χ4n) is 5.93. The molecule has 0 atom stereocenters. The Morgan fingerprint density at radius 2 is 1.89 bits per heavy atom. The Hall–Kier alpha value is -1.66. The van der Waals surface area contributed by atoms with Crippen molar-refractivity contribution in [3.63, 3.8) is 0 Å². The van der Waals surface area contributed by atoms with Crippen LogP contribution in [0.25, 0.3) is 10.2 Å². The van der Waals surface area contributed by atoms with Crippen LogP contribution in [0.4, 0.5) is 4.79 Å². The van der Waals surface area contributed by atoms with Gasteiger partial charge in [0.25, 0.3) is 0 Å². The molecule has 2 aromatic rings. The number of ether oxygens (including phenoxy) is 1. The van der Waals surface area contributed by atoms with Crippen molar-refractivity contribution in [2.45, 2.75) is 44.7 Å². The van der Waals surface area contributed by atoms with E-state index in [1.54, 1.807) is 18.4 Å². The van der Waals surface area contributed by atoms with E-state index >= 15 is 0 Å². The molecule has 0 spiro atoms. The minimum absolute atomic E-state index is 0.176. The van der Waals surface area contributed by atoms with Crippen LogP contribution in [0.1, 0.15) is 32.1 Å². The van der Waals surface area contributed by atoms with Gasteiger partial charge >= 0.3 is 6.03 Å². The molecule has 5 nitrogen and oxygen atoms in total. The number of carbonyl (C=O) groups is 1. The summed E-state index contributed by atoms with van der Waals surface area (Å²) >= 11 is 1.57. The van der Waals surface area contributed by atoms with E-state index in [9.17, 15) is 4.79 Å². The molecule has 1 N–H and O–H groups in total. The fraction of sp³-hybridized carbons (Fsp3) is 0.619. The van der Waals surface area contributed by atoms with Gasteiger partial charge in [-0.15, -0.1) is 0 Å². The highest BCUT2D eigenvalue weighted by Gasteiger charge is 2.48. The van der Waals surface area contributed by atoms with Crippen LogP contribution in [-0.4, -0.2) is 30.4 Å². The number of rotatable bonds is 4. The van der Waals surface area contributed by atoms with Gasteiger partial charge in [0.2, 0.25) is 0 Å². The monoisotopic (exact) mass is 385 g/mol. The molecule has 0 unspecified atom stereocenters. The van der Waals surface area contributed by atoms with Crippen LogP contribution >= 0.6 is 11.3 Å². The molecule has 4 aliphatic carbocycles. The van der Waals surface area contributed by atoms with Gasteiger partial charge in [-0.3, -0.25) is 0 Å². The van der Waals surface area contributed by atoms with E-state index < -0.39 is 0 Å². The zero-order chi connectivity index (χ0) is 18.4. The third-order valence-corrected chi connectivity index (χ3v) is 7.88. The van der Waals surface area contributed by atoms with Crippen molar-refractivity contribution in [3.05, 3.63) is 29.1 Å². The molecule has 0 aliphatic heterocycles. The summed E-state index contributed by atoms with van der Waals surface area (Å²) in [5.74, 6) is 3.17. The molecule has 4 fully saturated rings. The summed E-state index contributed by atoms with van der Waals surface area (Å²) in [6, 6.07) is 8.36. The first-order chi connectivity index (χ1) is 13.2. The minimum Gasteiger partial charge on any atom is -0.383 e. The smallest absolute Gasteiger partial charge is 0.343 e. The van der Waals surface area contributed by atoms with E-state index in [0.717, 1.165) is 26.9 Å². The molecule has 1 aromatic heterocycles. The molecule has 27 heavy (non-hydrogen) atoms. The van der Waals surface area contributed by atoms with E-state index in [0.29, 0.717) is 31.0 Å². The summed E-state index contributed by atoms with van der Waals surface area (Å²) in [7, 11) is 1.70. The minimum atomic E-state index is -0.176. The molecule has 6 rings (SSSR count). The SMILES string of the molecule is COCCn1c(=NC(=O)NC2C3CC4CC(C3)CC2C4)sc2ccccc21. The summed E-state index contributed by atoms with van der Waals surface area (Å²) in [5.41, 5.74) is 1.11.